The van der Waals surface area contributed by atoms with Crippen molar-refractivity contribution < 1.29 is 18.9 Å². The molecule has 0 spiro atoms. The largest absolute Gasteiger partial charge is 0.497 e. The molecule has 0 aliphatic rings. The molecule has 7 heteroatoms. The molecule has 0 atom stereocenters. The standard InChI is InChI=1S/C23H25Cl2NO4/c1-5-6-7-8-16-21(24)17-11-15(28-3)13-20(22(17)26-23(16)25)30-18-10-9-14(27-2)12-19(18)29-4/h9-13H,5-8H2,1-4H3. The van der Waals surface area contributed by atoms with Crippen molar-refractivity contribution in [2.45, 2.75) is 32.6 Å². The Kier molecular flexibility index (Phi) is 7.51. The second-order valence-electron chi connectivity index (χ2n) is 6.79. The fourth-order valence-electron chi connectivity index (χ4n) is 3.22. The van der Waals surface area contributed by atoms with Gasteiger partial charge in [0, 0.05) is 23.1 Å². The van der Waals surface area contributed by atoms with E-state index in [1.165, 1.54) is 0 Å². The van der Waals surface area contributed by atoms with E-state index in [1.54, 1.807) is 45.6 Å². The van der Waals surface area contributed by atoms with Crippen molar-refractivity contribution >= 4 is 34.1 Å². The highest BCUT2D eigenvalue weighted by Crippen LogP contribution is 2.42. The molecule has 0 N–H and O–H groups in total. The van der Waals surface area contributed by atoms with Crippen molar-refractivity contribution in [2.24, 2.45) is 0 Å². The van der Waals surface area contributed by atoms with Crippen LogP contribution in [0.2, 0.25) is 10.2 Å². The normalized spacial score (nSPS) is 10.9. The van der Waals surface area contributed by atoms with Crippen LogP contribution >= 0.6 is 23.2 Å². The van der Waals surface area contributed by atoms with Gasteiger partial charge in [-0.15, -0.1) is 0 Å². The molecule has 0 amide bonds. The van der Waals surface area contributed by atoms with Crippen molar-refractivity contribution in [3.63, 3.8) is 0 Å². The lowest BCUT2D eigenvalue weighted by Crippen LogP contribution is -1.98. The number of rotatable bonds is 9. The smallest absolute Gasteiger partial charge is 0.169 e. The number of aromatic nitrogens is 1. The zero-order chi connectivity index (χ0) is 21.7. The first-order valence-electron chi connectivity index (χ1n) is 9.77. The summed E-state index contributed by atoms with van der Waals surface area (Å²) in [6, 6.07) is 8.91. The van der Waals surface area contributed by atoms with Gasteiger partial charge >= 0.3 is 0 Å². The molecule has 3 rings (SSSR count). The van der Waals surface area contributed by atoms with Crippen molar-refractivity contribution in [3.8, 4) is 28.7 Å². The predicted molar refractivity (Wildman–Crippen MR) is 121 cm³/mol. The zero-order valence-corrected chi connectivity index (χ0v) is 19.1. The number of nitrogens with zero attached hydrogens (tertiary/aromatic N) is 1. The van der Waals surface area contributed by atoms with Crippen LogP contribution < -0.4 is 18.9 Å². The van der Waals surface area contributed by atoms with Crippen LogP contribution in [0.4, 0.5) is 0 Å². The van der Waals surface area contributed by atoms with Gasteiger partial charge in [0.25, 0.3) is 0 Å². The Morgan fingerprint density at radius 1 is 0.833 bits per heavy atom. The number of hydrogen-bond acceptors (Lipinski definition) is 5. The third-order valence-electron chi connectivity index (χ3n) is 4.87. The van der Waals surface area contributed by atoms with Gasteiger partial charge in [-0.05, 0) is 31.0 Å². The maximum absolute atomic E-state index is 6.75. The zero-order valence-electron chi connectivity index (χ0n) is 17.6. The molecule has 3 aromatic rings. The Morgan fingerprint density at radius 2 is 1.57 bits per heavy atom. The summed E-state index contributed by atoms with van der Waals surface area (Å²) in [6.07, 6.45) is 3.99. The van der Waals surface area contributed by atoms with Crippen LogP contribution in [0.1, 0.15) is 31.7 Å². The van der Waals surface area contributed by atoms with Crippen molar-refractivity contribution in [3.05, 3.63) is 46.1 Å². The van der Waals surface area contributed by atoms with E-state index < -0.39 is 0 Å². The number of ether oxygens (including phenoxy) is 4. The average molecular weight is 450 g/mol. The summed E-state index contributed by atoms with van der Waals surface area (Å²) < 4.78 is 22.3. The summed E-state index contributed by atoms with van der Waals surface area (Å²) >= 11 is 13.3. The highest BCUT2D eigenvalue weighted by atomic mass is 35.5. The minimum atomic E-state index is 0.389. The predicted octanol–water partition coefficient (Wildman–Crippen LogP) is 7.09. The molecule has 0 aliphatic carbocycles. The molecule has 5 nitrogen and oxygen atoms in total. The van der Waals surface area contributed by atoms with Crippen LogP contribution in [0.5, 0.6) is 28.7 Å². The van der Waals surface area contributed by atoms with Gasteiger partial charge in [0.05, 0.1) is 26.4 Å². The molecule has 0 saturated heterocycles. The summed E-state index contributed by atoms with van der Waals surface area (Å²) in [5.41, 5.74) is 1.41. The molecule has 0 saturated carbocycles. The van der Waals surface area contributed by atoms with Gasteiger partial charge in [-0.1, -0.05) is 43.0 Å². The van der Waals surface area contributed by atoms with Crippen molar-refractivity contribution in [1.82, 2.24) is 4.98 Å². The molecule has 2 aromatic carbocycles. The van der Waals surface area contributed by atoms with Gasteiger partial charge < -0.3 is 18.9 Å². The fraction of sp³-hybridized carbons (Fsp3) is 0.348. The summed E-state index contributed by atoms with van der Waals surface area (Å²) in [6.45, 7) is 2.16. The molecule has 30 heavy (non-hydrogen) atoms. The molecule has 1 heterocycles. The Labute approximate surface area is 186 Å². The first-order chi connectivity index (χ1) is 14.5. The summed E-state index contributed by atoms with van der Waals surface area (Å²) in [5.74, 6) is 2.77. The maximum atomic E-state index is 6.75. The van der Waals surface area contributed by atoms with Gasteiger partial charge in [0.2, 0.25) is 0 Å². The van der Waals surface area contributed by atoms with Crippen molar-refractivity contribution in [1.29, 1.82) is 0 Å². The number of pyridine rings is 1. The van der Waals surface area contributed by atoms with Gasteiger partial charge in [0.15, 0.2) is 17.2 Å². The number of methoxy groups -OCH3 is 3. The minimum Gasteiger partial charge on any atom is -0.497 e. The first kappa shape index (κ1) is 22.3. The molecule has 1 aromatic heterocycles. The first-order valence-corrected chi connectivity index (χ1v) is 10.5. The van der Waals surface area contributed by atoms with E-state index in [0.29, 0.717) is 44.4 Å². The number of halogens is 2. The van der Waals surface area contributed by atoms with Crippen LogP contribution in [-0.4, -0.2) is 26.3 Å². The van der Waals surface area contributed by atoms with Crippen LogP contribution in [0.15, 0.2) is 30.3 Å². The van der Waals surface area contributed by atoms with Crippen LogP contribution in [0, 0.1) is 0 Å². The van der Waals surface area contributed by atoms with E-state index in [2.05, 4.69) is 11.9 Å². The van der Waals surface area contributed by atoms with Crippen LogP contribution in [-0.2, 0) is 6.42 Å². The monoisotopic (exact) mass is 449 g/mol. The molecule has 0 aliphatic heterocycles. The number of hydrogen-bond donors (Lipinski definition) is 0. The lowest BCUT2D eigenvalue weighted by Gasteiger charge is -2.16. The summed E-state index contributed by atoms with van der Waals surface area (Å²) in [4.78, 5) is 4.61. The van der Waals surface area contributed by atoms with E-state index >= 15 is 0 Å². The van der Waals surface area contributed by atoms with E-state index in [-0.39, 0.29) is 0 Å². The lowest BCUT2D eigenvalue weighted by atomic mass is 10.1. The van der Waals surface area contributed by atoms with Gasteiger partial charge in [0.1, 0.15) is 22.2 Å². The molecule has 0 radical (unpaired) electrons. The van der Waals surface area contributed by atoms with E-state index in [4.69, 9.17) is 42.1 Å². The highest BCUT2D eigenvalue weighted by Gasteiger charge is 2.18. The second-order valence-corrected chi connectivity index (χ2v) is 7.53. The molecule has 0 fully saturated rings. The number of fused-ring (bicyclic) bond motifs is 1. The Morgan fingerprint density at radius 3 is 2.23 bits per heavy atom. The molecular formula is C23H25Cl2NO4. The van der Waals surface area contributed by atoms with E-state index in [0.717, 1.165) is 36.6 Å². The van der Waals surface area contributed by atoms with Crippen LogP contribution in [0.25, 0.3) is 10.9 Å². The molecule has 0 unspecified atom stereocenters. The molecular weight excluding hydrogens is 425 g/mol. The lowest BCUT2D eigenvalue weighted by molar-refractivity contribution is 0.368. The van der Waals surface area contributed by atoms with Gasteiger partial charge in [-0.2, -0.15) is 0 Å². The SMILES string of the molecule is CCCCCc1c(Cl)nc2c(Oc3ccc(OC)cc3OC)cc(OC)cc2c1Cl. The second kappa shape index (κ2) is 10.1. The summed E-state index contributed by atoms with van der Waals surface area (Å²) in [7, 11) is 4.76. The average Bonchev–Trinajstić information content (AvgIpc) is 2.76. The Balaban J connectivity index is 2.11. The quantitative estimate of drug-likeness (QED) is 0.257. The number of benzene rings is 2. The summed E-state index contributed by atoms with van der Waals surface area (Å²) in [5, 5.41) is 1.70. The molecule has 0 bridgehead atoms. The third-order valence-corrected chi connectivity index (χ3v) is 5.61. The van der Waals surface area contributed by atoms with E-state index in [1.807, 2.05) is 6.07 Å². The highest BCUT2D eigenvalue weighted by molar-refractivity contribution is 6.39. The van der Waals surface area contributed by atoms with Gasteiger partial charge in [-0.3, -0.25) is 0 Å². The molecule has 160 valence electrons. The maximum Gasteiger partial charge on any atom is 0.169 e. The Bertz CT molecular complexity index is 1040. The third kappa shape index (κ3) is 4.68. The van der Waals surface area contributed by atoms with E-state index in [9.17, 15) is 0 Å². The topological polar surface area (TPSA) is 49.8 Å². The Hall–Kier alpha value is -2.37. The van der Waals surface area contributed by atoms with Gasteiger partial charge in [-0.25, -0.2) is 4.98 Å². The fourth-order valence-corrected chi connectivity index (χ4v) is 3.87. The van der Waals surface area contributed by atoms with Crippen molar-refractivity contribution in [2.75, 3.05) is 21.3 Å². The minimum absolute atomic E-state index is 0.389. The van der Waals surface area contributed by atoms with Crippen LogP contribution in [0.3, 0.4) is 0 Å². The number of unbranched alkanes of at least 4 members (excludes halogenated alkanes) is 2.